The normalized spacial score (nSPS) is 15.4. The smallest absolute Gasteiger partial charge is 0.133 e. The summed E-state index contributed by atoms with van der Waals surface area (Å²) in [6, 6.07) is 0. The van der Waals surface area contributed by atoms with E-state index in [2.05, 4.69) is 13.8 Å². The van der Waals surface area contributed by atoms with E-state index in [9.17, 15) is 4.79 Å². The van der Waals surface area contributed by atoms with E-state index < -0.39 is 0 Å². The van der Waals surface area contributed by atoms with E-state index in [0.29, 0.717) is 12.3 Å². The molecule has 1 N–H and O–H groups in total. The minimum absolute atomic E-state index is 0.0755. The fraction of sp³-hybridized carbons (Fsp3) is 0.909. The maximum atomic E-state index is 11.2. The molecule has 0 aromatic rings. The summed E-state index contributed by atoms with van der Waals surface area (Å²) >= 11 is 0. The first-order valence-electron chi connectivity index (χ1n) is 5.23. The summed E-state index contributed by atoms with van der Waals surface area (Å²) in [6.07, 6.45) is 3.91. The molecule has 0 spiro atoms. The van der Waals surface area contributed by atoms with E-state index in [-0.39, 0.29) is 18.3 Å². The second kappa shape index (κ2) is 7.07. The summed E-state index contributed by atoms with van der Waals surface area (Å²) in [6.45, 7) is 6.09. The number of rotatable bonds is 7. The molecule has 0 aromatic carbocycles. The van der Waals surface area contributed by atoms with Crippen molar-refractivity contribution in [2.45, 2.75) is 46.5 Å². The highest BCUT2D eigenvalue weighted by Gasteiger charge is 2.16. The maximum absolute atomic E-state index is 11.2. The van der Waals surface area contributed by atoms with Gasteiger partial charge < -0.3 is 5.11 Å². The average molecular weight is 186 g/mol. The highest BCUT2D eigenvalue weighted by atomic mass is 16.3. The van der Waals surface area contributed by atoms with Crippen molar-refractivity contribution in [3.05, 3.63) is 0 Å². The van der Waals surface area contributed by atoms with Crippen LogP contribution in [0.2, 0.25) is 0 Å². The number of hydrogen-bond acceptors (Lipinski definition) is 2. The van der Waals surface area contributed by atoms with Gasteiger partial charge in [-0.1, -0.05) is 26.7 Å². The van der Waals surface area contributed by atoms with E-state index in [1.807, 2.05) is 0 Å². The van der Waals surface area contributed by atoms with Crippen molar-refractivity contribution >= 4 is 5.78 Å². The second-order valence-corrected chi connectivity index (χ2v) is 3.95. The van der Waals surface area contributed by atoms with Crippen LogP contribution in [0.4, 0.5) is 0 Å². The van der Waals surface area contributed by atoms with Gasteiger partial charge in [-0.15, -0.1) is 0 Å². The number of aliphatic hydroxyl groups is 1. The number of carbonyl (C=O) groups is 1. The van der Waals surface area contributed by atoms with E-state index in [4.69, 9.17) is 5.11 Å². The second-order valence-electron chi connectivity index (χ2n) is 3.95. The first kappa shape index (κ1) is 12.6. The van der Waals surface area contributed by atoms with E-state index in [1.54, 1.807) is 6.92 Å². The molecule has 0 fully saturated rings. The van der Waals surface area contributed by atoms with Gasteiger partial charge in [0.2, 0.25) is 0 Å². The molecule has 2 heteroatoms. The Morgan fingerprint density at radius 1 is 1.38 bits per heavy atom. The fourth-order valence-corrected chi connectivity index (χ4v) is 1.74. The predicted octanol–water partition coefficient (Wildman–Crippen LogP) is 2.40. The summed E-state index contributed by atoms with van der Waals surface area (Å²) in [7, 11) is 0. The third kappa shape index (κ3) is 5.81. The van der Waals surface area contributed by atoms with Gasteiger partial charge in [0, 0.05) is 12.5 Å². The van der Waals surface area contributed by atoms with Crippen LogP contribution in [-0.4, -0.2) is 17.5 Å². The lowest BCUT2D eigenvalue weighted by Gasteiger charge is -2.17. The maximum Gasteiger partial charge on any atom is 0.133 e. The zero-order valence-electron chi connectivity index (χ0n) is 9.05. The van der Waals surface area contributed by atoms with Gasteiger partial charge in [-0.05, 0) is 25.7 Å². The first-order chi connectivity index (χ1) is 6.11. The molecule has 0 aliphatic carbocycles. The fourth-order valence-electron chi connectivity index (χ4n) is 1.74. The highest BCUT2D eigenvalue weighted by molar-refractivity contribution is 5.78. The predicted molar refractivity (Wildman–Crippen MR) is 54.6 cm³/mol. The Hall–Kier alpha value is -0.370. The molecule has 78 valence electrons. The summed E-state index contributed by atoms with van der Waals surface area (Å²) in [5.74, 6) is 0.897. The van der Waals surface area contributed by atoms with Crippen LogP contribution in [-0.2, 0) is 4.79 Å². The summed E-state index contributed by atoms with van der Waals surface area (Å²) in [5.41, 5.74) is 0. The number of hydrogen-bond donors (Lipinski definition) is 1. The van der Waals surface area contributed by atoms with E-state index >= 15 is 0 Å². The van der Waals surface area contributed by atoms with Gasteiger partial charge in [0.05, 0.1) is 0 Å². The Balaban J connectivity index is 3.86. The van der Waals surface area contributed by atoms with Crippen molar-refractivity contribution < 1.29 is 9.90 Å². The zero-order chi connectivity index (χ0) is 10.3. The average Bonchev–Trinajstić information content (AvgIpc) is 2.04. The minimum atomic E-state index is 0.0755. The zero-order valence-corrected chi connectivity index (χ0v) is 9.05. The number of Topliss-reactive ketones (excluding diaryl/α,β-unsaturated/α-hetero) is 1. The van der Waals surface area contributed by atoms with Crippen LogP contribution in [0.5, 0.6) is 0 Å². The Bertz CT molecular complexity index is 143. The molecule has 2 atom stereocenters. The molecule has 0 radical (unpaired) electrons. The van der Waals surface area contributed by atoms with Gasteiger partial charge >= 0.3 is 0 Å². The molecule has 2 unspecified atom stereocenters. The molecule has 0 bridgehead atoms. The first-order valence-corrected chi connectivity index (χ1v) is 5.23. The molecule has 0 heterocycles. The lowest BCUT2D eigenvalue weighted by molar-refractivity contribution is -0.121. The van der Waals surface area contributed by atoms with Gasteiger partial charge in [0.15, 0.2) is 0 Å². The Morgan fingerprint density at radius 3 is 2.38 bits per heavy atom. The molecule has 0 aliphatic heterocycles. The van der Waals surface area contributed by atoms with Gasteiger partial charge in [-0.3, -0.25) is 4.79 Å². The van der Waals surface area contributed by atoms with Crippen LogP contribution in [0.15, 0.2) is 0 Å². The van der Waals surface area contributed by atoms with Gasteiger partial charge in [-0.2, -0.15) is 0 Å². The third-order valence-electron chi connectivity index (χ3n) is 2.52. The van der Waals surface area contributed by atoms with Crippen molar-refractivity contribution in [2.24, 2.45) is 11.8 Å². The largest absolute Gasteiger partial charge is 0.396 e. The Labute approximate surface area is 81.3 Å². The van der Waals surface area contributed by atoms with Gasteiger partial charge in [0.25, 0.3) is 0 Å². The van der Waals surface area contributed by atoms with E-state index in [0.717, 1.165) is 6.42 Å². The van der Waals surface area contributed by atoms with Crippen molar-refractivity contribution in [1.82, 2.24) is 0 Å². The topological polar surface area (TPSA) is 37.3 Å². The monoisotopic (exact) mass is 186 g/mol. The van der Waals surface area contributed by atoms with Crippen LogP contribution in [0.1, 0.15) is 46.5 Å². The molecule has 2 nitrogen and oxygen atoms in total. The SMILES string of the molecule is CCCC(C)CC(CCO)C(C)=O. The van der Waals surface area contributed by atoms with Crippen LogP contribution in [0, 0.1) is 11.8 Å². The molecule has 0 saturated carbocycles. The quantitative estimate of drug-likeness (QED) is 0.663. The van der Waals surface area contributed by atoms with Crippen molar-refractivity contribution in [2.75, 3.05) is 6.61 Å². The van der Waals surface area contributed by atoms with Crippen LogP contribution >= 0.6 is 0 Å². The Kier molecular flexibility index (Phi) is 6.87. The number of ketones is 1. The summed E-state index contributed by atoms with van der Waals surface area (Å²) in [4.78, 5) is 11.2. The standard InChI is InChI=1S/C11H22O2/c1-4-5-9(2)8-11(6-7-12)10(3)13/h9,11-12H,4-8H2,1-3H3. The molecule has 0 aromatic heterocycles. The van der Waals surface area contributed by atoms with E-state index in [1.165, 1.54) is 12.8 Å². The molecular weight excluding hydrogens is 164 g/mol. The van der Waals surface area contributed by atoms with Crippen LogP contribution < -0.4 is 0 Å². The summed E-state index contributed by atoms with van der Waals surface area (Å²) < 4.78 is 0. The lowest BCUT2D eigenvalue weighted by Crippen LogP contribution is -2.16. The van der Waals surface area contributed by atoms with Gasteiger partial charge in [0.1, 0.15) is 5.78 Å². The minimum Gasteiger partial charge on any atom is -0.396 e. The molecule has 0 amide bonds. The molecule has 0 saturated heterocycles. The van der Waals surface area contributed by atoms with Crippen molar-refractivity contribution in [1.29, 1.82) is 0 Å². The van der Waals surface area contributed by atoms with Crippen molar-refractivity contribution in [3.8, 4) is 0 Å². The number of carbonyl (C=O) groups excluding carboxylic acids is 1. The molecule has 0 aliphatic rings. The van der Waals surface area contributed by atoms with Crippen molar-refractivity contribution in [3.63, 3.8) is 0 Å². The number of aliphatic hydroxyl groups excluding tert-OH is 1. The molecule has 13 heavy (non-hydrogen) atoms. The third-order valence-corrected chi connectivity index (χ3v) is 2.52. The van der Waals surface area contributed by atoms with Gasteiger partial charge in [-0.25, -0.2) is 0 Å². The molecule has 0 rings (SSSR count). The lowest BCUT2D eigenvalue weighted by atomic mass is 9.88. The highest BCUT2D eigenvalue weighted by Crippen LogP contribution is 2.19. The van der Waals surface area contributed by atoms with Crippen LogP contribution in [0.25, 0.3) is 0 Å². The Morgan fingerprint density at radius 2 is 2.00 bits per heavy atom. The molecular formula is C11H22O2. The summed E-state index contributed by atoms with van der Waals surface area (Å²) in [5, 5.41) is 8.78. The van der Waals surface area contributed by atoms with Crippen LogP contribution in [0.3, 0.4) is 0 Å².